The summed E-state index contributed by atoms with van der Waals surface area (Å²) in [7, 11) is 0. The van der Waals surface area contributed by atoms with Crippen LogP contribution in [0.25, 0.3) is 0 Å². The third-order valence-electron chi connectivity index (χ3n) is 4.08. The fourth-order valence-corrected chi connectivity index (χ4v) is 2.83. The van der Waals surface area contributed by atoms with Gasteiger partial charge < -0.3 is 14.5 Å². The maximum Gasteiger partial charge on any atom is 0.254 e. The van der Waals surface area contributed by atoms with Crippen molar-refractivity contribution in [3.05, 3.63) is 29.6 Å². The summed E-state index contributed by atoms with van der Waals surface area (Å²) in [5.74, 6) is -0.445. The first-order chi connectivity index (χ1) is 11.6. The van der Waals surface area contributed by atoms with Crippen LogP contribution in [-0.4, -0.2) is 54.4 Å². The molecule has 0 atom stereocenters. The van der Waals surface area contributed by atoms with Gasteiger partial charge in [-0.15, -0.1) is 0 Å². The van der Waals surface area contributed by atoms with Gasteiger partial charge in [0, 0.05) is 38.2 Å². The molecule has 1 aromatic carbocycles. The number of amides is 2. The lowest BCUT2D eigenvalue weighted by Crippen LogP contribution is -2.37. The molecule has 0 spiro atoms. The fourth-order valence-electron chi connectivity index (χ4n) is 2.83. The summed E-state index contributed by atoms with van der Waals surface area (Å²) in [6.45, 7) is 6.38. The van der Waals surface area contributed by atoms with E-state index < -0.39 is 5.82 Å². The SMILES string of the molecule is CCCC(=O)N1CCCN(C(=O)c2ccc(OCC)c(F)c2)CC1. The van der Waals surface area contributed by atoms with Crippen molar-refractivity contribution in [2.24, 2.45) is 0 Å². The van der Waals surface area contributed by atoms with Crippen LogP contribution in [0, 0.1) is 5.82 Å². The van der Waals surface area contributed by atoms with E-state index >= 15 is 0 Å². The number of halogens is 1. The first-order valence-corrected chi connectivity index (χ1v) is 8.56. The normalized spacial score (nSPS) is 15.1. The van der Waals surface area contributed by atoms with E-state index in [2.05, 4.69) is 0 Å². The highest BCUT2D eigenvalue weighted by molar-refractivity contribution is 5.94. The van der Waals surface area contributed by atoms with Crippen LogP contribution in [0.5, 0.6) is 5.75 Å². The lowest BCUT2D eigenvalue weighted by molar-refractivity contribution is -0.131. The van der Waals surface area contributed by atoms with Crippen molar-refractivity contribution < 1.29 is 18.7 Å². The van der Waals surface area contributed by atoms with Gasteiger partial charge in [-0.3, -0.25) is 9.59 Å². The highest BCUT2D eigenvalue weighted by atomic mass is 19.1. The Morgan fingerprint density at radius 2 is 1.83 bits per heavy atom. The summed E-state index contributed by atoms with van der Waals surface area (Å²) in [5.41, 5.74) is 0.310. The molecule has 24 heavy (non-hydrogen) atoms. The van der Waals surface area contributed by atoms with Crippen molar-refractivity contribution >= 4 is 11.8 Å². The minimum absolute atomic E-state index is 0.138. The van der Waals surface area contributed by atoms with Crippen molar-refractivity contribution in [3.8, 4) is 5.75 Å². The van der Waals surface area contributed by atoms with E-state index in [4.69, 9.17) is 4.74 Å². The Kier molecular flexibility index (Phi) is 6.58. The van der Waals surface area contributed by atoms with Gasteiger partial charge in [-0.2, -0.15) is 0 Å². The Labute approximate surface area is 142 Å². The molecule has 1 heterocycles. The van der Waals surface area contributed by atoms with E-state index in [1.807, 2.05) is 11.8 Å². The minimum atomic E-state index is -0.530. The summed E-state index contributed by atoms with van der Waals surface area (Å²) in [6, 6.07) is 4.29. The van der Waals surface area contributed by atoms with Gasteiger partial charge in [0.25, 0.3) is 5.91 Å². The van der Waals surface area contributed by atoms with Gasteiger partial charge in [-0.05, 0) is 38.0 Å². The standard InChI is InChI=1S/C18H25FN2O3/c1-3-6-17(22)20-9-5-10-21(12-11-20)18(23)14-7-8-16(24-4-2)15(19)13-14/h7-8,13H,3-6,9-12H2,1-2H3. The van der Waals surface area contributed by atoms with Crippen LogP contribution in [0.3, 0.4) is 0 Å². The molecule has 1 fully saturated rings. The average Bonchev–Trinajstić information content (AvgIpc) is 2.82. The first-order valence-electron chi connectivity index (χ1n) is 8.56. The van der Waals surface area contributed by atoms with Crippen LogP contribution in [0.1, 0.15) is 43.5 Å². The Hall–Kier alpha value is -2.11. The maximum absolute atomic E-state index is 13.9. The first kappa shape index (κ1) is 18.2. The van der Waals surface area contributed by atoms with Crippen LogP contribution in [0.2, 0.25) is 0 Å². The number of carbonyl (C=O) groups is 2. The molecule has 1 saturated heterocycles. The number of rotatable bonds is 5. The molecule has 0 bridgehead atoms. The molecule has 0 N–H and O–H groups in total. The zero-order valence-electron chi connectivity index (χ0n) is 14.4. The van der Waals surface area contributed by atoms with Crippen molar-refractivity contribution in [1.29, 1.82) is 0 Å². The molecule has 0 aromatic heterocycles. The second kappa shape index (κ2) is 8.66. The Bertz CT molecular complexity index is 592. The van der Waals surface area contributed by atoms with Crippen molar-refractivity contribution in [3.63, 3.8) is 0 Å². The van der Waals surface area contributed by atoms with E-state index in [-0.39, 0.29) is 17.6 Å². The van der Waals surface area contributed by atoms with Gasteiger partial charge in [0.1, 0.15) is 0 Å². The van der Waals surface area contributed by atoms with Crippen LogP contribution in [0.4, 0.5) is 4.39 Å². The summed E-state index contributed by atoms with van der Waals surface area (Å²) < 4.78 is 19.1. The summed E-state index contributed by atoms with van der Waals surface area (Å²) in [5, 5.41) is 0. The van der Waals surface area contributed by atoms with Crippen LogP contribution < -0.4 is 4.74 Å². The van der Waals surface area contributed by atoms with E-state index in [0.717, 1.165) is 12.8 Å². The molecular weight excluding hydrogens is 311 g/mol. The number of hydrogen-bond donors (Lipinski definition) is 0. The molecule has 0 aliphatic carbocycles. The lowest BCUT2D eigenvalue weighted by Gasteiger charge is -2.22. The summed E-state index contributed by atoms with van der Waals surface area (Å²) >= 11 is 0. The van der Waals surface area contributed by atoms with Gasteiger partial charge in [-0.25, -0.2) is 4.39 Å². The van der Waals surface area contributed by atoms with Gasteiger partial charge in [0.2, 0.25) is 5.91 Å². The van der Waals surface area contributed by atoms with E-state index in [1.54, 1.807) is 17.9 Å². The van der Waals surface area contributed by atoms with Gasteiger partial charge in [0.05, 0.1) is 6.61 Å². The third-order valence-corrected chi connectivity index (χ3v) is 4.08. The Morgan fingerprint density at radius 1 is 1.12 bits per heavy atom. The smallest absolute Gasteiger partial charge is 0.254 e. The lowest BCUT2D eigenvalue weighted by atomic mass is 10.1. The van der Waals surface area contributed by atoms with E-state index in [1.165, 1.54) is 12.1 Å². The second-order valence-electron chi connectivity index (χ2n) is 5.85. The van der Waals surface area contributed by atoms with E-state index in [9.17, 15) is 14.0 Å². The number of carbonyl (C=O) groups excluding carboxylic acids is 2. The molecule has 6 heteroatoms. The number of hydrogen-bond acceptors (Lipinski definition) is 3. The van der Waals surface area contributed by atoms with E-state index in [0.29, 0.717) is 44.8 Å². The third kappa shape index (κ3) is 4.46. The molecule has 0 unspecified atom stereocenters. The van der Waals surface area contributed by atoms with Gasteiger partial charge in [0.15, 0.2) is 11.6 Å². The van der Waals surface area contributed by atoms with Crippen LogP contribution >= 0.6 is 0 Å². The Balaban J connectivity index is 2.02. The molecular formula is C18H25FN2O3. The topological polar surface area (TPSA) is 49.9 Å². The molecule has 2 amide bonds. The molecule has 1 aliphatic rings. The van der Waals surface area contributed by atoms with Crippen LogP contribution in [0.15, 0.2) is 18.2 Å². The molecule has 1 aromatic rings. The molecule has 132 valence electrons. The number of ether oxygens (including phenoxy) is 1. The summed E-state index contributed by atoms with van der Waals surface area (Å²) in [6.07, 6.45) is 2.10. The van der Waals surface area contributed by atoms with Crippen LogP contribution in [-0.2, 0) is 4.79 Å². The zero-order valence-corrected chi connectivity index (χ0v) is 14.4. The molecule has 0 saturated carbocycles. The van der Waals surface area contributed by atoms with Gasteiger partial charge >= 0.3 is 0 Å². The largest absolute Gasteiger partial charge is 0.491 e. The predicted molar refractivity (Wildman–Crippen MR) is 89.6 cm³/mol. The summed E-state index contributed by atoms with van der Waals surface area (Å²) in [4.78, 5) is 28.1. The molecule has 5 nitrogen and oxygen atoms in total. The second-order valence-corrected chi connectivity index (χ2v) is 5.85. The Morgan fingerprint density at radius 3 is 2.50 bits per heavy atom. The maximum atomic E-state index is 13.9. The van der Waals surface area contributed by atoms with Crippen molar-refractivity contribution in [2.75, 3.05) is 32.8 Å². The molecule has 1 aliphatic heterocycles. The quantitative estimate of drug-likeness (QED) is 0.831. The van der Waals surface area contributed by atoms with Gasteiger partial charge in [-0.1, -0.05) is 6.92 Å². The monoisotopic (exact) mass is 336 g/mol. The highest BCUT2D eigenvalue weighted by Gasteiger charge is 2.23. The minimum Gasteiger partial charge on any atom is -0.491 e. The molecule has 0 radical (unpaired) electrons. The molecule has 2 rings (SSSR count). The van der Waals surface area contributed by atoms with Crippen molar-refractivity contribution in [2.45, 2.75) is 33.1 Å². The number of nitrogens with zero attached hydrogens (tertiary/aromatic N) is 2. The zero-order chi connectivity index (χ0) is 17.5. The fraction of sp³-hybridized carbons (Fsp3) is 0.556. The van der Waals surface area contributed by atoms with Crippen molar-refractivity contribution in [1.82, 2.24) is 9.80 Å². The predicted octanol–water partition coefficient (Wildman–Crippen LogP) is 2.70. The highest BCUT2D eigenvalue weighted by Crippen LogP contribution is 2.20. The average molecular weight is 336 g/mol. The number of benzene rings is 1.